The summed E-state index contributed by atoms with van der Waals surface area (Å²) in [5.74, 6) is 1.54. The topological polar surface area (TPSA) is 29.5 Å². The van der Waals surface area contributed by atoms with Crippen LogP contribution in [0.3, 0.4) is 0 Å². The van der Waals surface area contributed by atoms with E-state index in [1.54, 1.807) is 19.2 Å². The Hall–Kier alpha value is -1.96. The molecule has 0 aromatic heterocycles. The molecule has 0 bridgehead atoms. The molecule has 0 heterocycles. The van der Waals surface area contributed by atoms with Gasteiger partial charge in [0.05, 0.1) is 7.11 Å². The molecule has 0 aliphatic heterocycles. The van der Waals surface area contributed by atoms with Crippen molar-refractivity contribution in [1.82, 2.24) is 0 Å². The van der Waals surface area contributed by atoms with Gasteiger partial charge in [0.25, 0.3) is 0 Å². The van der Waals surface area contributed by atoms with Crippen LogP contribution in [0.4, 0.5) is 0 Å². The predicted molar refractivity (Wildman–Crippen MR) is 73.2 cm³/mol. The largest absolute Gasteiger partial charge is 0.508 e. The van der Waals surface area contributed by atoms with Gasteiger partial charge in [-0.3, -0.25) is 0 Å². The average molecular weight is 242 g/mol. The molecule has 2 rings (SSSR count). The van der Waals surface area contributed by atoms with E-state index < -0.39 is 0 Å². The number of ether oxygens (including phenoxy) is 1. The van der Waals surface area contributed by atoms with Gasteiger partial charge in [-0.25, -0.2) is 0 Å². The maximum atomic E-state index is 9.33. The zero-order chi connectivity index (χ0) is 13.0. The van der Waals surface area contributed by atoms with Gasteiger partial charge in [0.1, 0.15) is 11.5 Å². The van der Waals surface area contributed by atoms with E-state index >= 15 is 0 Å². The minimum Gasteiger partial charge on any atom is -0.508 e. The molecule has 0 saturated heterocycles. The Morgan fingerprint density at radius 3 is 1.89 bits per heavy atom. The van der Waals surface area contributed by atoms with E-state index in [0.29, 0.717) is 11.7 Å². The van der Waals surface area contributed by atoms with Crippen LogP contribution in [0.5, 0.6) is 11.5 Å². The van der Waals surface area contributed by atoms with Crippen LogP contribution < -0.4 is 4.74 Å². The Morgan fingerprint density at radius 2 is 1.44 bits per heavy atom. The van der Waals surface area contributed by atoms with Crippen LogP contribution in [0.2, 0.25) is 0 Å². The Morgan fingerprint density at radius 1 is 0.944 bits per heavy atom. The minimum atomic E-state index is 0.309. The highest BCUT2D eigenvalue weighted by Crippen LogP contribution is 2.29. The van der Waals surface area contributed by atoms with Gasteiger partial charge in [0, 0.05) is 5.92 Å². The molecule has 2 aromatic rings. The maximum absolute atomic E-state index is 9.33. The van der Waals surface area contributed by atoms with E-state index in [2.05, 4.69) is 19.1 Å². The summed E-state index contributed by atoms with van der Waals surface area (Å²) in [6, 6.07) is 15.6. The lowest BCUT2D eigenvalue weighted by atomic mass is 9.89. The highest BCUT2D eigenvalue weighted by molar-refractivity contribution is 5.37. The van der Waals surface area contributed by atoms with E-state index in [1.807, 2.05) is 24.3 Å². The third kappa shape index (κ3) is 2.65. The molecule has 0 radical (unpaired) electrons. The van der Waals surface area contributed by atoms with Crippen molar-refractivity contribution in [2.24, 2.45) is 0 Å². The van der Waals surface area contributed by atoms with E-state index in [4.69, 9.17) is 4.74 Å². The molecule has 0 aliphatic carbocycles. The first-order valence-electron chi connectivity index (χ1n) is 6.17. The summed E-state index contributed by atoms with van der Waals surface area (Å²) < 4.78 is 5.17. The van der Waals surface area contributed by atoms with Gasteiger partial charge in [-0.15, -0.1) is 0 Å². The van der Waals surface area contributed by atoms with Crippen molar-refractivity contribution in [2.45, 2.75) is 19.3 Å². The first kappa shape index (κ1) is 12.5. The summed E-state index contributed by atoms with van der Waals surface area (Å²) in [6.07, 6.45) is 1.02. The van der Waals surface area contributed by atoms with Gasteiger partial charge >= 0.3 is 0 Å². The van der Waals surface area contributed by atoms with Gasteiger partial charge in [0.15, 0.2) is 0 Å². The van der Waals surface area contributed by atoms with Crippen molar-refractivity contribution in [1.29, 1.82) is 0 Å². The Balaban J connectivity index is 2.29. The minimum absolute atomic E-state index is 0.309. The molecule has 0 amide bonds. The Labute approximate surface area is 108 Å². The lowest BCUT2D eigenvalue weighted by molar-refractivity contribution is 0.414. The summed E-state index contributed by atoms with van der Waals surface area (Å²) in [6.45, 7) is 2.17. The van der Waals surface area contributed by atoms with Crippen molar-refractivity contribution >= 4 is 0 Å². The normalized spacial score (nSPS) is 12.1. The van der Waals surface area contributed by atoms with Crippen molar-refractivity contribution in [3.05, 3.63) is 59.7 Å². The van der Waals surface area contributed by atoms with Crippen LogP contribution in [0, 0.1) is 0 Å². The maximum Gasteiger partial charge on any atom is 0.118 e. The third-order valence-electron chi connectivity index (χ3n) is 3.22. The lowest BCUT2D eigenvalue weighted by Crippen LogP contribution is -1.99. The van der Waals surface area contributed by atoms with Gasteiger partial charge < -0.3 is 9.84 Å². The number of benzene rings is 2. The molecule has 2 nitrogen and oxygen atoms in total. The van der Waals surface area contributed by atoms with Crippen LogP contribution in [0.1, 0.15) is 30.4 Å². The molecule has 1 unspecified atom stereocenters. The Kier molecular flexibility index (Phi) is 3.88. The van der Waals surface area contributed by atoms with Crippen molar-refractivity contribution in [3.63, 3.8) is 0 Å². The van der Waals surface area contributed by atoms with E-state index in [9.17, 15) is 5.11 Å². The molecule has 0 spiro atoms. The molecular weight excluding hydrogens is 224 g/mol. The average Bonchev–Trinajstić information content (AvgIpc) is 2.42. The first-order valence-corrected chi connectivity index (χ1v) is 6.17. The summed E-state index contributed by atoms with van der Waals surface area (Å²) in [7, 11) is 1.67. The highest BCUT2D eigenvalue weighted by atomic mass is 16.5. The van der Waals surface area contributed by atoms with E-state index in [1.165, 1.54) is 11.1 Å². The predicted octanol–water partition coefficient (Wildman–Crippen LogP) is 3.94. The van der Waals surface area contributed by atoms with Crippen LogP contribution >= 0.6 is 0 Å². The van der Waals surface area contributed by atoms with Crippen molar-refractivity contribution in [2.75, 3.05) is 7.11 Å². The quantitative estimate of drug-likeness (QED) is 0.879. The third-order valence-corrected chi connectivity index (χ3v) is 3.22. The van der Waals surface area contributed by atoms with Gasteiger partial charge in [-0.05, 0) is 41.8 Å². The van der Waals surface area contributed by atoms with Crippen LogP contribution in [-0.2, 0) is 0 Å². The molecular formula is C16H18O2. The molecule has 2 aromatic carbocycles. The second-order valence-corrected chi connectivity index (χ2v) is 4.33. The molecule has 2 heteroatoms. The molecule has 1 N–H and O–H groups in total. The number of phenols is 1. The number of aromatic hydroxyl groups is 1. The van der Waals surface area contributed by atoms with E-state index in [0.717, 1.165) is 12.2 Å². The monoisotopic (exact) mass is 242 g/mol. The van der Waals surface area contributed by atoms with E-state index in [-0.39, 0.29) is 0 Å². The van der Waals surface area contributed by atoms with Crippen molar-refractivity contribution < 1.29 is 9.84 Å². The fraction of sp³-hybridized carbons (Fsp3) is 0.250. The lowest BCUT2D eigenvalue weighted by Gasteiger charge is -2.16. The summed E-state index contributed by atoms with van der Waals surface area (Å²) in [5.41, 5.74) is 2.49. The second-order valence-electron chi connectivity index (χ2n) is 4.33. The highest BCUT2D eigenvalue weighted by Gasteiger charge is 2.11. The molecule has 18 heavy (non-hydrogen) atoms. The fourth-order valence-corrected chi connectivity index (χ4v) is 2.21. The summed E-state index contributed by atoms with van der Waals surface area (Å²) in [4.78, 5) is 0. The number of rotatable bonds is 4. The molecule has 0 aliphatic rings. The molecule has 0 saturated carbocycles. The second kappa shape index (κ2) is 5.58. The van der Waals surface area contributed by atoms with Gasteiger partial charge in [-0.1, -0.05) is 31.2 Å². The zero-order valence-corrected chi connectivity index (χ0v) is 10.8. The summed E-state index contributed by atoms with van der Waals surface area (Å²) >= 11 is 0. The smallest absolute Gasteiger partial charge is 0.118 e. The standard InChI is InChI=1S/C16H18O2/c1-3-16(12-4-8-14(17)9-5-12)13-6-10-15(18-2)11-7-13/h4-11,16-17H,3H2,1-2H3. The van der Waals surface area contributed by atoms with Crippen LogP contribution in [0.25, 0.3) is 0 Å². The first-order chi connectivity index (χ1) is 8.74. The number of methoxy groups -OCH3 is 1. The number of phenolic OH excluding ortho intramolecular Hbond substituents is 1. The number of hydrogen-bond acceptors (Lipinski definition) is 2. The van der Waals surface area contributed by atoms with Gasteiger partial charge in [0.2, 0.25) is 0 Å². The number of hydrogen-bond donors (Lipinski definition) is 1. The van der Waals surface area contributed by atoms with Gasteiger partial charge in [-0.2, -0.15) is 0 Å². The van der Waals surface area contributed by atoms with Crippen LogP contribution in [-0.4, -0.2) is 12.2 Å². The van der Waals surface area contributed by atoms with Crippen molar-refractivity contribution in [3.8, 4) is 11.5 Å². The van der Waals surface area contributed by atoms with Crippen LogP contribution in [0.15, 0.2) is 48.5 Å². The zero-order valence-electron chi connectivity index (χ0n) is 10.8. The summed E-state index contributed by atoms with van der Waals surface area (Å²) in [5, 5.41) is 9.33. The molecule has 0 fully saturated rings. The SMILES string of the molecule is CCC(c1ccc(O)cc1)c1ccc(OC)cc1. The molecule has 94 valence electrons. The molecule has 1 atom stereocenters. The fourth-order valence-electron chi connectivity index (χ4n) is 2.21. The Bertz CT molecular complexity index is 486.